The molecule has 2 aliphatic rings. The van der Waals surface area contributed by atoms with Crippen molar-refractivity contribution in [3.8, 4) is 0 Å². The standard InChI is InChI=1S/C44H48O11/c1-31(45)47-29-38-37(53-32(2)46)23-24-40(54-38)48-30-39-41(49-25-33-15-7-3-8-16-33)42(50-26-34-17-9-4-10-18-34)43(51-27-35-19-11-5-12-20-35)44(55-39)52-28-36-21-13-6-14-22-36/h3-24,37-44H,25-30H2,1-2H3/t37-,38+,39+,40-,41+,42-,43+,44+/m0/s1. The van der Waals surface area contributed by atoms with Gasteiger partial charge in [0.15, 0.2) is 12.6 Å². The monoisotopic (exact) mass is 752 g/mol. The molecule has 1 fully saturated rings. The molecule has 0 aliphatic carbocycles. The van der Waals surface area contributed by atoms with Crippen molar-refractivity contribution in [2.24, 2.45) is 0 Å². The molecule has 0 aromatic heterocycles. The molecule has 0 saturated carbocycles. The van der Waals surface area contributed by atoms with Gasteiger partial charge < -0.3 is 42.6 Å². The summed E-state index contributed by atoms with van der Waals surface area (Å²) in [6, 6.07) is 39.5. The van der Waals surface area contributed by atoms with Gasteiger partial charge in [0.2, 0.25) is 0 Å². The second kappa shape index (κ2) is 20.8. The zero-order valence-electron chi connectivity index (χ0n) is 31.1. The second-order valence-electron chi connectivity index (χ2n) is 13.3. The van der Waals surface area contributed by atoms with Crippen LogP contribution in [0.3, 0.4) is 0 Å². The normalized spacial score (nSPS) is 24.9. The number of rotatable bonds is 18. The number of hydrogen-bond acceptors (Lipinski definition) is 11. The first-order valence-electron chi connectivity index (χ1n) is 18.4. The number of hydrogen-bond donors (Lipinski definition) is 0. The van der Waals surface area contributed by atoms with E-state index < -0.39 is 61.1 Å². The maximum absolute atomic E-state index is 11.8. The van der Waals surface area contributed by atoms with E-state index in [0.29, 0.717) is 0 Å². The highest BCUT2D eigenvalue weighted by atomic mass is 16.7. The van der Waals surface area contributed by atoms with Crippen LogP contribution in [0.2, 0.25) is 0 Å². The molecule has 4 aromatic carbocycles. The smallest absolute Gasteiger partial charge is 0.303 e. The maximum Gasteiger partial charge on any atom is 0.303 e. The van der Waals surface area contributed by atoms with Crippen LogP contribution in [0.5, 0.6) is 0 Å². The molecule has 0 spiro atoms. The van der Waals surface area contributed by atoms with Gasteiger partial charge in [-0.2, -0.15) is 0 Å². The van der Waals surface area contributed by atoms with Crippen molar-refractivity contribution >= 4 is 11.9 Å². The Hall–Kier alpha value is -4.72. The van der Waals surface area contributed by atoms with Crippen LogP contribution in [0.4, 0.5) is 0 Å². The maximum atomic E-state index is 11.8. The Morgan fingerprint density at radius 3 is 1.45 bits per heavy atom. The van der Waals surface area contributed by atoms with Crippen molar-refractivity contribution < 1.29 is 52.2 Å². The lowest BCUT2D eigenvalue weighted by Gasteiger charge is -2.46. The number of benzene rings is 4. The van der Waals surface area contributed by atoms with E-state index in [0.717, 1.165) is 22.3 Å². The van der Waals surface area contributed by atoms with Crippen molar-refractivity contribution in [3.63, 3.8) is 0 Å². The highest BCUT2D eigenvalue weighted by Crippen LogP contribution is 2.32. The van der Waals surface area contributed by atoms with E-state index in [-0.39, 0.29) is 39.6 Å². The number of ether oxygens (including phenoxy) is 9. The lowest BCUT2D eigenvalue weighted by atomic mass is 9.97. The van der Waals surface area contributed by atoms with Crippen LogP contribution in [-0.4, -0.2) is 74.4 Å². The molecule has 8 atom stereocenters. The molecule has 1 saturated heterocycles. The molecule has 4 aromatic rings. The third-order valence-corrected chi connectivity index (χ3v) is 9.02. The number of carbonyl (C=O) groups is 2. The van der Waals surface area contributed by atoms with Gasteiger partial charge in [0.05, 0.1) is 33.0 Å². The summed E-state index contributed by atoms with van der Waals surface area (Å²) in [6.45, 7) is 3.56. The van der Waals surface area contributed by atoms with Crippen molar-refractivity contribution in [2.75, 3.05) is 13.2 Å². The Kier molecular flexibility index (Phi) is 15.1. The summed E-state index contributed by atoms with van der Waals surface area (Å²) in [5.74, 6) is -0.982. The summed E-state index contributed by atoms with van der Waals surface area (Å²) >= 11 is 0. The van der Waals surface area contributed by atoms with E-state index >= 15 is 0 Å². The Labute approximate surface area is 322 Å². The van der Waals surface area contributed by atoms with Gasteiger partial charge in [0, 0.05) is 13.8 Å². The molecule has 0 unspecified atom stereocenters. The van der Waals surface area contributed by atoms with E-state index in [1.54, 1.807) is 12.2 Å². The van der Waals surface area contributed by atoms with Crippen molar-refractivity contribution in [3.05, 3.63) is 156 Å². The minimum absolute atomic E-state index is 0.00518. The predicted molar refractivity (Wildman–Crippen MR) is 201 cm³/mol. The Morgan fingerprint density at radius 1 is 0.491 bits per heavy atom. The molecule has 11 heteroatoms. The average Bonchev–Trinajstić information content (AvgIpc) is 3.21. The highest BCUT2D eigenvalue weighted by molar-refractivity contribution is 5.67. The first-order chi connectivity index (χ1) is 26.9. The minimum atomic E-state index is -0.886. The molecule has 290 valence electrons. The van der Waals surface area contributed by atoms with Crippen LogP contribution >= 0.6 is 0 Å². The zero-order chi connectivity index (χ0) is 38.2. The lowest BCUT2D eigenvalue weighted by Crippen LogP contribution is -2.62. The van der Waals surface area contributed by atoms with E-state index in [2.05, 4.69) is 0 Å². The third-order valence-electron chi connectivity index (χ3n) is 9.02. The average molecular weight is 753 g/mol. The van der Waals surface area contributed by atoms with Crippen LogP contribution in [0.1, 0.15) is 36.1 Å². The van der Waals surface area contributed by atoms with Crippen LogP contribution in [-0.2, 0) is 78.6 Å². The fourth-order valence-electron chi connectivity index (χ4n) is 6.31. The van der Waals surface area contributed by atoms with Crippen molar-refractivity contribution in [1.29, 1.82) is 0 Å². The Balaban J connectivity index is 1.29. The SMILES string of the molecule is CC(=O)OC[C@H]1O[C@H](OC[C@H]2O[C@@H](OCc3ccccc3)[C@H](OCc3ccccc3)[C@@H](OCc3ccccc3)[C@@H]2OCc2ccccc2)C=C[C@@H]1OC(C)=O. The Bertz CT molecular complexity index is 1760. The van der Waals surface area contributed by atoms with Gasteiger partial charge in [-0.3, -0.25) is 9.59 Å². The Morgan fingerprint density at radius 2 is 0.964 bits per heavy atom. The topological polar surface area (TPSA) is 117 Å². The lowest BCUT2D eigenvalue weighted by molar-refractivity contribution is -0.334. The van der Waals surface area contributed by atoms with E-state index in [1.807, 2.05) is 121 Å². The third kappa shape index (κ3) is 12.4. The molecule has 0 N–H and O–H groups in total. The van der Waals surface area contributed by atoms with Crippen LogP contribution in [0.25, 0.3) is 0 Å². The fourth-order valence-corrected chi connectivity index (χ4v) is 6.31. The highest BCUT2D eigenvalue weighted by Gasteiger charge is 2.49. The quantitative estimate of drug-likeness (QED) is 0.0822. The van der Waals surface area contributed by atoms with Gasteiger partial charge in [-0.05, 0) is 34.4 Å². The van der Waals surface area contributed by atoms with Crippen LogP contribution < -0.4 is 0 Å². The molecule has 0 radical (unpaired) electrons. The van der Waals surface area contributed by atoms with Gasteiger partial charge in [-0.25, -0.2) is 0 Å². The first-order valence-corrected chi connectivity index (χ1v) is 18.4. The summed E-state index contributed by atoms with van der Waals surface area (Å²) in [7, 11) is 0. The largest absolute Gasteiger partial charge is 0.463 e. The first kappa shape index (κ1) is 40.0. The van der Waals surface area contributed by atoms with Crippen LogP contribution in [0.15, 0.2) is 133 Å². The number of carbonyl (C=O) groups excluding carboxylic acids is 2. The minimum Gasteiger partial charge on any atom is -0.463 e. The van der Waals surface area contributed by atoms with Gasteiger partial charge in [0.25, 0.3) is 0 Å². The zero-order valence-corrected chi connectivity index (χ0v) is 31.1. The summed E-state index contributed by atoms with van der Waals surface area (Å²) < 4.78 is 56.6. The fraction of sp³-hybridized carbons (Fsp3) is 0.364. The summed E-state index contributed by atoms with van der Waals surface area (Å²) in [4.78, 5) is 23.4. The van der Waals surface area contributed by atoms with Crippen molar-refractivity contribution in [1.82, 2.24) is 0 Å². The van der Waals surface area contributed by atoms with Gasteiger partial charge in [-0.1, -0.05) is 121 Å². The molecule has 2 aliphatic heterocycles. The molecule has 0 bridgehead atoms. The van der Waals surface area contributed by atoms with E-state index in [4.69, 9.17) is 42.6 Å². The second-order valence-corrected chi connectivity index (χ2v) is 13.3. The molecule has 0 amide bonds. The van der Waals surface area contributed by atoms with Gasteiger partial charge in [-0.15, -0.1) is 0 Å². The molecule has 55 heavy (non-hydrogen) atoms. The molecular formula is C44H48O11. The van der Waals surface area contributed by atoms with E-state index in [1.165, 1.54) is 13.8 Å². The molecule has 11 nitrogen and oxygen atoms in total. The van der Waals surface area contributed by atoms with Gasteiger partial charge in [0.1, 0.15) is 43.2 Å². The molecular weight excluding hydrogens is 704 g/mol. The molecule has 6 rings (SSSR count). The summed E-state index contributed by atoms with van der Waals surface area (Å²) in [5, 5.41) is 0. The summed E-state index contributed by atoms with van der Waals surface area (Å²) in [6.07, 6.45) is -2.82. The van der Waals surface area contributed by atoms with E-state index in [9.17, 15) is 9.59 Å². The summed E-state index contributed by atoms with van der Waals surface area (Å²) in [5.41, 5.74) is 3.90. The van der Waals surface area contributed by atoms with Crippen molar-refractivity contribution in [2.45, 2.75) is 89.5 Å². The van der Waals surface area contributed by atoms with Crippen LogP contribution in [0, 0.1) is 0 Å². The predicted octanol–water partition coefficient (Wildman–Crippen LogP) is 6.48. The molecule has 2 heterocycles. The van der Waals surface area contributed by atoms with Gasteiger partial charge >= 0.3 is 11.9 Å². The number of esters is 2.